The van der Waals surface area contributed by atoms with Crippen LogP contribution < -0.4 is 24.3 Å². The average molecular weight is 437 g/mol. The maximum Gasteiger partial charge on any atom is 0.286 e. The molecular formula is C20H21ClN2O7. The van der Waals surface area contributed by atoms with Gasteiger partial charge < -0.3 is 24.3 Å². The topological polar surface area (TPSA) is 109 Å². The summed E-state index contributed by atoms with van der Waals surface area (Å²) in [5.41, 5.74) is 0.146. The zero-order valence-electron chi connectivity index (χ0n) is 16.5. The molecular weight excluding hydrogens is 416 g/mol. The maximum absolute atomic E-state index is 12.7. The smallest absolute Gasteiger partial charge is 0.286 e. The molecule has 10 heteroatoms. The lowest BCUT2D eigenvalue weighted by molar-refractivity contribution is -0.385. The molecule has 9 nitrogen and oxygen atoms in total. The normalized spacial score (nSPS) is 12.6. The number of hydrogen-bond donors (Lipinski definition) is 1. The summed E-state index contributed by atoms with van der Waals surface area (Å²) in [4.78, 5) is 23.5. The number of ether oxygens (including phenoxy) is 4. The highest BCUT2D eigenvalue weighted by atomic mass is 35.5. The minimum Gasteiger partial charge on any atom is -0.493 e. The van der Waals surface area contributed by atoms with E-state index in [1.807, 2.05) is 0 Å². The molecule has 1 aliphatic heterocycles. The summed E-state index contributed by atoms with van der Waals surface area (Å²) in [5, 5.41) is 14.5. The molecule has 2 aromatic rings. The molecule has 0 atom stereocenters. The molecule has 0 aromatic heterocycles. The van der Waals surface area contributed by atoms with Crippen LogP contribution in [0.2, 0.25) is 5.02 Å². The molecule has 1 amide bonds. The number of fused-ring (bicyclic) bond motifs is 1. The molecule has 30 heavy (non-hydrogen) atoms. The van der Waals surface area contributed by atoms with Gasteiger partial charge in [-0.05, 0) is 24.6 Å². The van der Waals surface area contributed by atoms with Gasteiger partial charge in [0, 0.05) is 19.0 Å². The number of nitro benzene ring substituents is 1. The van der Waals surface area contributed by atoms with Crippen LogP contribution in [0.15, 0.2) is 24.3 Å². The highest BCUT2D eigenvalue weighted by Crippen LogP contribution is 2.38. The number of halogens is 1. The number of nitro groups is 1. The van der Waals surface area contributed by atoms with Crippen molar-refractivity contribution >= 4 is 23.2 Å². The first-order chi connectivity index (χ1) is 14.4. The fraction of sp³-hybridized carbons (Fsp3) is 0.350. The predicted octanol–water partition coefficient (Wildman–Crippen LogP) is 3.75. The molecule has 3 rings (SSSR count). The van der Waals surface area contributed by atoms with Crippen molar-refractivity contribution in [1.82, 2.24) is 5.32 Å². The van der Waals surface area contributed by atoms with Gasteiger partial charge in [-0.25, -0.2) is 0 Å². The van der Waals surface area contributed by atoms with Gasteiger partial charge in [0.25, 0.3) is 11.6 Å². The van der Waals surface area contributed by atoms with E-state index in [0.717, 1.165) is 6.42 Å². The Morgan fingerprint density at radius 2 is 2.00 bits per heavy atom. The Morgan fingerprint density at radius 3 is 2.70 bits per heavy atom. The summed E-state index contributed by atoms with van der Waals surface area (Å²) in [7, 11) is 1.37. The van der Waals surface area contributed by atoms with E-state index in [9.17, 15) is 14.9 Å². The molecule has 0 spiro atoms. The molecule has 0 unspecified atom stereocenters. The maximum atomic E-state index is 12.7. The summed E-state index contributed by atoms with van der Waals surface area (Å²) >= 11 is 6.27. The number of carbonyl (C=O) groups excluding carboxylic acids is 1. The molecule has 0 fully saturated rings. The zero-order chi connectivity index (χ0) is 21.7. The summed E-state index contributed by atoms with van der Waals surface area (Å²) in [6.07, 6.45) is 0.736. The SMILES string of the molecule is CCOc1cc(C(=O)NCc2cc(Cl)c3c(c2)OCCCO3)c([N+](=O)[O-])cc1OC. The Hall–Kier alpha value is -3.20. The van der Waals surface area contributed by atoms with Crippen molar-refractivity contribution < 1.29 is 28.7 Å². The molecule has 0 saturated heterocycles. The number of nitrogens with zero attached hydrogens (tertiary/aromatic N) is 1. The van der Waals surface area contributed by atoms with Gasteiger partial charge >= 0.3 is 0 Å². The highest BCUT2D eigenvalue weighted by molar-refractivity contribution is 6.32. The summed E-state index contributed by atoms with van der Waals surface area (Å²) in [5.74, 6) is 0.757. The van der Waals surface area contributed by atoms with Gasteiger partial charge in [-0.3, -0.25) is 14.9 Å². The number of nitrogens with one attached hydrogen (secondary N) is 1. The van der Waals surface area contributed by atoms with Crippen molar-refractivity contribution in [3.05, 3.63) is 50.5 Å². The third-order valence-corrected chi connectivity index (χ3v) is 4.62. The Balaban J connectivity index is 1.84. The minimum absolute atomic E-state index is 0.0857. The fourth-order valence-corrected chi connectivity index (χ4v) is 3.26. The molecule has 160 valence electrons. The Morgan fingerprint density at radius 1 is 1.23 bits per heavy atom. The second kappa shape index (κ2) is 9.53. The minimum atomic E-state index is -0.641. The van der Waals surface area contributed by atoms with E-state index < -0.39 is 10.8 Å². The quantitative estimate of drug-likeness (QED) is 0.520. The lowest BCUT2D eigenvalue weighted by Gasteiger charge is -2.13. The number of hydrogen-bond acceptors (Lipinski definition) is 7. The highest BCUT2D eigenvalue weighted by Gasteiger charge is 2.25. The Kier molecular flexibility index (Phi) is 6.83. The number of benzene rings is 2. The lowest BCUT2D eigenvalue weighted by atomic mass is 10.1. The molecule has 1 N–H and O–H groups in total. The second-order valence-electron chi connectivity index (χ2n) is 6.35. The molecule has 0 radical (unpaired) electrons. The largest absolute Gasteiger partial charge is 0.493 e. The van der Waals surface area contributed by atoms with Crippen molar-refractivity contribution in [2.45, 2.75) is 19.9 Å². The molecule has 0 aliphatic carbocycles. The number of rotatable bonds is 7. The second-order valence-corrected chi connectivity index (χ2v) is 6.76. The van der Waals surface area contributed by atoms with Crippen LogP contribution in [-0.4, -0.2) is 37.8 Å². The van der Waals surface area contributed by atoms with Crippen molar-refractivity contribution in [2.24, 2.45) is 0 Å². The van der Waals surface area contributed by atoms with E-state index in [2.05, 4.69) is 5.32 Å². The van der Waals surface area contributed by atoms with Crippen molar-refractivity contribution in [1.29, 1.82) is 0 Å². The average Bonchev–Trinajstić information content (AvgIpc) is 2.97. The summed E-state index contributed by atoms with van der Waals surface area (Å²) in [6.45, 7) is 3.16. The first kappa shape index (κ1) is 21.5. The third kappa shape index (κ3) is 4.68. The van der Waals surface area contributed by atoms with Crippen LogP contribution in [0, 0.1) is 10.1 Å². The Labute approximate surface area is 178 Å². The van der Waals surface area contributed by atoms with E-state index in [0.29, 0.717) is 41.9 Å². The van der Waals surface area contributed by atoms with Gasteiger partial charge in [0.05, 0.1) is 42.9 Å². The van der Waals surface area contributed by atoms with Crippen molar-refractivity contribution in [3.63, 3.8) is 0 Å². The standard InChI is InChI=1S/C20H21ClN2O7/c1-3-28-17-9-13(15(23(25)26)10-16(17)27-2)20(24)22-11-12-7-14(21)19-18(8-12)29-5-4-6-30-19/h7-10H,3-6,11H2,1-2H3,(H,22,24). The van der Waals surface area contributed by atoms with Crippen molar-refractivity contribution in [2.75, 3.05) is 26.9 Å². The number of carbonyl (C=O) groups is 1. The first-order valence-corrected chi connectivity index (χ1v) is 9.67. The van der Waals surface area contributed by atoms with Crippen LogP contribution >= 0.6 is 11.6 Å². The van der Waals surface area contributed by atoms with Crippen LogP contribution in [0.4, 0.5) is 5.69 Å². The van der Waals surface area contributed by atoms with Gasteiger partial charge in [-0.2, -0.15) is 0 Å². The van der Waals surface area contributed by atoms with E-state index in [1.165, 1.54) is 19.2 Å². The molecule has 0 saturated carbocycles. The number of amides is 1. The molecule has 2 aromatic carbocycles. The van der Waals surface area contributed by atoms with E-state index >= 15 is 0 Å². The van der Waals surface area contributed by atoms with E-state index in [1.54, 1.807) is 19.1 Å². The number of methoxy groups -OCH3 is 1. The van der Waals surface area contributed by atoms with Crippen LogP contribution in [-0.2, 0) is 6.54 Å². The van der Waals surface area contributed by atoms with Gasteiger partial charge in [0.2, 0.25) is 0 Å². The van der Waals surface area contributed by atoms with Gasteiger partial charge in [0.1, 0.15) is 5.56 Å². The Bertz CT molecular complexity index is 965. The van der Waals surface area contributed by atoms with Crippen LogP contribution in [0.1, 0.15) is 29.3 Å². The van der Waals surface area contributed by atoms with E-state index in [-0.39, 0.29) is 29.3 Å². The third-order valence-electron chi connectivity index (χ3n) is 4.34. The van der Waals surface area contributed by atoms with Crippen LogP contribution in [0.25, 0.3) is 0 Å². The fourth-order valence-electron chi connectivity index (χ4n) is 2.97. The van der Waals surface area contributed by atoms with Gasteiger partial charge in [-0.1, -0.05) is 11.6 Å². The van der Waals surface area contributed by atoms with E-state index in [4.69, 9.17) is 30.5 Å². The summed E-state index contributed by atoms with van der Waals surface area (Å²) in [6, 6.07) is 5.85. The van der Waals surface area contributed by atoms with Crippen LogP contribution in [0.5, 0.6) is 23.0 Å². The molecule has 1 aliphatic rings. The van der Waals surface area contributed by atoms with Crippen LogP contribution in [0.3, 0.4) is 0 Å². The summed E-state index contributed by atoms with van der Waals surface area (Å²) < 4.78 is 21.8. The first-order valence-electron chi connectivity index (χ1n) is 9.30. The zero-order valence-corrected chi connectivity index (χ0v) is 17.3. The lowest BCUT2D eigenvalue weighted by Crippen LogP contribution is -2.24. The molecule has 0 bridgehead atoms. The predicted molar refractivity (Wildman–Crippen MR) is 109 cm³/mol. The van der Waals surface area contributed by atoms with Crippen molar-refractivity contribution in [3.8, 4) is 23.0 Å². The van der Waals surface area contributed by atoms with Gasteiger partial charge in [0.15, 0.2) is 23.0 Å². The van der Waals surface area contributed by atoms with Gasteiger partial charge in [-0.15, -0.1) is 0 Å². The monoisotopic (exact) mass is 436 g/mol. The molecule has 1 heterocycles.